The maximum absolute atomic E-state index is 13.4. The van der Waals surface area contributed by atoms with Gasteiger partial charge in [-0.2, -0.15) is 10.1 Å². The number of amides is 3. The van der Waals surface area contributed by atoms with Crippen molar-refractivity contribution < 1.29 is 28.5 Å². The molecule has 0 atom stereocenters. The van der Waals surface area contributed by atoms with Crippen LogP contribution in [0.3, 0.4) is 0 Å². The molecule has 3 amide bonds. The molecule has 5 aromatic rings. The van der Waals surface area contributed by atoms with Crippen LogP contribution in [0.5, 0.6) is 11.6 Å². The highest BCUT2D eigenvalue weighted by Crippen LogP contribution is 2.34. The van der Waals surface area contributed by atoms with E-state index in [2.05, 4.69) is 52.6 Å². The zero-order chi connectivity index (χ0) is 40.3. The summed E-state index contributed by atoms with van der Waals surface area (Å²) in [6, 6.07) is 19.7. The van der Waals surface area contributed by atoms with E-state index in [1.54, 1.807) is 43.6 Å². The van der Waals surface area contributed by atoms with Gasteiger partial charge in [0.2, 0.25) is 5.88 Å². The molecule has 5 rings (SSSR count). The van der Waals surface area contributed by atoms with Gasteiger partial charge in [-0.1, -0.05) is 51.0 Å². The fraction of sp³-hybridized carbons (Fsp3) is 0.372. The summed E-state index contributed by atoms with van der Waals surface area (Å²) in [4.78, 5) is 35.5. The summed E-state index contributed by atoms with van der Waals surface area (Å²) in [7, 11) is 1.62. The Hall–Kier alpha value is -5.81. The second-order valence-corrected chi connectivity index (χ2v) is 15.1. The first-order valence-corrected chi connectivity index (χ1v) is 18.5. The van der Waals surface area contributed by atoms with Crippen molar-refractivity contribution in [1.29, 1.82) is 0 Å². The third-order valence-electron chi connectivity index (χ3n) is 8.50. The van der Waals surface area contributed by atoms with E-state index in [1.165, 1.54) is 0 Å². The molecular weight excluding hydrogens is 711 g/mol. The lowest BCUT2D eigenvalue weighted by Gasteiger charge is -2.23. The molecule has 2 heterocycles. The van der Waals surface area contributed by atoms with Gasteiger partial charge in [0, 0.05) is 65.7 Å². The molecule has 0 aliphatic heterocycles. The van der Waals surface area contributed by atoms with Gasteiger partial charge in [-0.25, -0.2) is 14.5 Å². The maximum atomic E-state index is 13.4. The van der Waals surface area contributed by atoms with Gasteiger partial charge >= 0.3 is 6.03 Å². The third-order valence-corrected chi connectivity index (χ3v) is 8.50. The monoisotopic (exact) mass is 761 g/mol. The molecule has 3 aromatic carbocycles. The Morgan fingerprint density at radius 2 is 1.59 bits per heavy atom. The van der Waals surface area contributed by atoms with E-state index in [-0.39, 0.29) is 16.9 Å². The Bertz CT molecular complexity index is 2180. The Labute approximate surface area is 328 Å². The van der Waals surface area contributed by atoms with Crippen molar-refractivity contribution in [2.45, 2.75) is 58.9 Å². The van der Waals surface area contributed by atoms with Crippen LogP contribution in [0.1, 0.15) is 74.5 Å². The summed E-state index contributed by atoms with van der Waals surface area (Å²) in [5.41, 5.74) is 2.71. The van der Waals surface area contributed by atoms with Crippen LogP contribution in [-0.4, -0.2) is 78.4 Å². The van der Waals surface area contributed by atoms with Crippen molar-refractivity contribution >= 4 is 34.2 Å². The maximum Gasteiger partial charge on any atom is 0.324 e. The van der Waals surface area contributed by atoms with Crippen LogP contribution in [0, 0.1) is 12.3 Å². The first kappa shape index (κ1) is 41.4. The molecule has 294 valence electrons. The number of benzene rings is 3. The van der Waals surface area contributed by atoms with Crippen LogP contribution < -0.4 is 20.7 Å². The lowest BCUT2D eigenvalue weighted by Crippen LogP contribution is -2.28. The lowest BCUT2D eigenvalue weighted by atomic mass is 9.92. The number of aromatic nitrogens is 4. The van der Waals surface area contributed by atoms with Crippen LogP contribution in [0.2, 0.25) is 0 Å². The smallest absolute Gasteiger partial charge is 0.324 e. The molecule has 0 unspecified atom stereocenters. The molecular formula is C43H51N7O6. The molecule has 0 bridgehead atoms. The zero-order valence-corrected chi connectivity index (χ0v) is 33.2. The Balaban J connectivity index is 1.25. The van der Waals surface area contributed by atoms with E-state index in [1.807, 2.05) is 61.9 Å². The minimum Gasteiger partial charge on any atom is -0.438 e. The summed E-state index contributed by atoms with van der Waals surface area (Å²) >= 11 is 0. The highest BCUT2D eigenvalue weighted by Gasteiger charge is 2.26. The number of hydrogen-bond acceptors (Lipinski definition) is 9. The molecule has 0 radical (unpaired) electrons. The van der Waals surface area contributed by atoms with Crippen molar-refractivity contribution in [3.8, 4) is 24.0 Å². The second-order valence-electron chi connectivity index (χ2n) is 15.1. The second kappa shape index (κ2) is 18.7. The fourth-order valence-electron chi connectivity index (χ4n) is 5.72. The van der Waals surface area contributed by atoms with Crippen molar-refractivity contribution in [1.82, 2.24) is 25.1 Å². The van der Waals surface area contributed by atoms with Gasteiger partial charge in [0.1, 0.15) is 17.4 Å². The van der Waals surface area contributed by atoms with Crippen LogP contribution in [0.25, 0.3) is 10.8 Å². The van der Waals surface area contributed by atoms with E-state index in [4.69, 9.17) is 30.5 Å². The predicted molar refractivity (Wildman–Crippen MR) is 218 cm³/mol. The molecule has 0 aliphatic rings. The SMILES string of the molecule is C#Cc1cc(Cc2nccc(Oc3ccc(NC(=O)Nc4cc(C(C)(C)C)nn4C(C)(C)C)c4ccccc34)n2)cc(C(=O)NCCOCCOCCOC)c1. The Morgan fingerprint density at radius 3 is 2.30 bits per heavy atom. The first-order valence-electron chi connectivity index (χ1n) is 18.5. The molecule has 3 N–H and O–H groups in total. The van der Waals surface area contributed by atoms with Gasteiger partial charge in [0.05, 0.1) is 50.0 Å². The third kappa shape index (κ3) is 11.4. The minimum atomic E-state index is -0.394. The van der Waals surface area contributed by atoms with Gasteiger partial charge < -0.3 is 29.6 Å². The molecule has 0 spiro atoms. The largest absolute Gasteiger partial charge is 0.438 e. The van der Waals surface area contributed by atoms with Crippen molar-refractivity contribution in [3.63, 3.8) is 0 Å². The molecule has 56 heavy (non-hydrogen) atoms. The van der Waals surface area contributed by atoms with Crippen molar-refractivity contribution in [2.24, 2.45) is 0 Å². The van der Waals surface area contributed by atoms with E-state index < -0.39 is 6.03 Å². The van der Waals surface area contributed by atoms with Crippen LogP contribution in [0.4, 0.5) is 16.3 Å². The molecule has 2 aromatic heterocycles. The standard InChI is InChI=1S/C43H51N7O6/c1-9-29-24-30(26-31(25-29)40(51)45-18-19-54-22-23-55-21-20-53-8)27-37-44-17-16-39(47-37)56-35-15-14-34(32-12-10-11-13-33(32)35)46-41(52)48-38-28-36(42(2,3)4)49-50(38)43(5,6)7/h1,10-17,24-26,28H,18-23,27H2,2-8H3,(H,45,51)(H2,46,48,52). The molecule has 13 nitrogen and oxygen atoms in total. The van der Waals surface area contributed by atoms with E-state index in [9.17, 15) is 9.59 Å². The molecule has 13 heteroatoms. The van der Waals surface area contributed by atoms with Gasteiger partial charge in [-0.3, -0.25) is 10.1 Å². The number of carbonyl (C=O) groups excluding carboxylic acids is 2. The number of anilines is 2. The van der Waals surface area contributed by atoms with E-state index >= 15 is 0 Å². The normalized spacial score (nSPS) is 11.6. The number of urea groups is 1. The topological polar surface area (TPSA) is 151 Å². The van der Waals surface area contributed by atoms with Crippen LogP contribution in [-0.2, 0) is 31.6 Å². The van der Waals surface area contributed by atoms with Crippen LogP contribution in [0.15, 0.2) is 72.9 Å². The highest BCUT2D eigenvalue weighted by atomic mass is 16.5. The number of carbonyl (C=O) groups is 2. The molecule has 0 aliphatic carbocycles. The van der Waals surface area contributed by atoms with Crippen LogP contribution >= 0.6 is 0 Å². The zero-order valence-electron chi connectivity index (χ0n) is 33.2. The summed E-state index contributed by atoms with van der Waals surface area (Å²) in [5, 5.41) is 15.2. The quantitative estimate of drug-likeness (QED) is 0.0696. The van der Waals surface area contributed by atoms with Crippen molar-refractivity contribution in [3.05, 3.63) is 101 Å². The summed E-state index contributed by atoms with van der Waals surface area (Å²) in [6.45, 7) is 15.0. The number of methoxy groups -OCH3 is 1. The number of nitrogens with zero attached hydrogens (tertiary/aromatic N) is 4. The number of terminal acetylenes is 1. The Kier molecular flexibility index (Phi) is 13.8. The van der Waals surface area contributed by atoms with E-state index in [0.717, 1.165) is 22.0 Å². The fourth-order valence-corrected chi connectivity index (χ4v) is 5.72. The number of ether oxygens (including phenoxy) is 4. The highest BCUT2D eigenvalue weighted by molar-refractivity contribution is 6.07. The number of fused-ring (bicyclic) bond motifs is 1. The molecule has 0 saturated carbocycles. The minimum absolute atomic E-state index is 0.188. The Morgan fingerprint density at radius 1 is 0.857 bits per heavy atom. The predicted octanol–water partition coefficient (Wildman–Crippen LogP) is 7.30. The number of hydrogen-bond donors (Lipinski definition) is 3. The van der Waals surface area contributed by atoms with Gasteiger partial charge in [0.25, 0.3) is 5.91 Å². The average molecular weight is 762 g/mol. The van der Waals surface area contributed by atoms with Gasteiger partial charge in [-0.15, -0.1) is 6.42 Å². The lowest BCUT2D eigenvalue weighted by molar-refractivity contribution is 0.0255. The molecule has 0 fully saturated rings. The number of rotatable bonds is 16. The summed E-state index contributed by atoms with van der Waals surface area (Å²) in [6.07, 6.45) is 7.67. The van der Waals surface area contributed by atoms with Gasteiger partial charge in [0.15, 0.2) is 0 Å². The number of nitrogens with one attached hydrogen (secondary N) is 3. The summed E-state index contributed by atoms with van der Waals surface area (Å²) in [5.74, 6) is 4.33. The first-order chi connectivity index (χ1) is 26.7. The summed E-state index contributed by atoms with van der Waals surface area (Å²) < 4.78 is 24.0. The van der Waals surface area contributed by atoms with E-state index in [0.29, 0.717) is 86.1 Å². The molecule has 0 saturated heterocycles. The van der Waals surface area contributed by atoms with Crippen molar-refractivity contribution in [2.75, 3.05) is 57.3 Å². The average Bonchev–Trinajstić information content (AvgIpc) is 3.60. The van der Waals surface area contributed by atoms with Gasteiger partial charge in [-0.05, 0) is 56.7 Å².